The first-order valence-electron chi connectivity index (χ1n) is 3.53. The molecular formula is C7H7Cl2NO2S. The molecule has 0 radical (unpaired) electrons. The second kappa shape index (κ2) is 4.26. The van der Waals surface area contributed by atoms with E-state index in [1.54, 1.807) is 13.8 Å². The summed E-state index contributed by atoms with van der Waals surface area (Å²) in [5.74, 6) is -0.539. The summed E-state index contributed by atoms with van der Waals surface area (Å²) >= 11 is 12.3. The molecule has 0 saturated carbocycles. The van der Waals surface area contributed by atoms with Gasteiger partial charge >= 0.3 is 5.97 Å². The molecule has 1 heterocycles. The van der Waals surface area contributed by atoms with Gasteiger partial charge in [0.25, 0.3) is 0 Å². The highest BCUT2D eigenvalue weighted by Gasteiger charge is 2.18. The van der Waals surface area contributed by atoms with Gasteiger partial charge in [0.15, 0.2) is 10.2 Å². The number of carbonyl (C=O) groups excluding carboxylic acids is 1. The summed E-state index contributed by atoms with van der Waals surface area (Å²) in [6, 6.07) is 0. The molecular weight excluding hydrogens is 233 g/mol. The van der Waals surface area contributed by atoms with Gasteiger partial charge in [-0.1, -0.05) is 34.5 Å². The molecule has 1 rings (SSSR count). The van der Waals surface area contributed by atoms with Crippen molar-refractivity contribution in [2.24, 2.45) is 0 Å². The number of halogens is 2. The summed E-state index contributed by atoms with van der Waals surface area (Å²) in [4.78, 5) is 15.0. The molecule has 0 aliphatic rings. The minimum absolute atomic E-state index is 0.0883. The normalized spacial score (nSPS) is 10.5. The number of nitrogens with zero attached hydrogens (tertiary/aromatic N) is 1. The maximum Gasteiger partial charge on any atom is 0.359 e. The van der Waals surface area contributed by atoms with E-state index in [1.165, 1.54) is 0 Å². The molecule has 0 unspecified atom stereocenters. The highest BCUT2D eigenvalue weighted by molar-refractivity contribution is 7.19. The van der Waals surface area contributed by atoms with Gasteiger partial charge < -0.3 is 4.74 Å². The average molecular weight is 240 g/mol. The molecule has 0 atom stereocenters. The van der Waals surface area contributed by atoms with Crippen LogP contribution in [-0.2, 0) is 4.74 Å². The van der Waals surface area contributed by atoms with Crippen molar-refractivity contribution in [3.8, 4) is 0 Å². The van der Waals surface area contributed by atoms with Crippen LogP contribution in [0.15, 0.2) is 0 Å². The lowest BCUT2D eigenvalue weighted by molar-refractivity contribution is 0.0372. The topological polar surface area (TPSA) is 39.2 Å². The fourth-order valence-corrected chi connectivity index (χ4v) is 1.96. The zero-order chi connectivity index (χ0) is 10.0. The van der Waals surface area contributed by atoms with Crippen molar-refractivity contribution < 1.29 is 9.53 Å². The van der Waals surface area contributed by atoms with Gasteiger partial charge in [-0.25, -0.2) is 9.78 Å². The number of hydrogen-bond donors (Lipinski definition) is 0. The molecule has 3 nitrogen and oxygen atoms in total. The maximum atomic E-state index is 11.3. The Hall–Kier alpha value is -0.320. The fourth-order valence-electron chi connectivity index (χ4n) is 0.673. The van der Waals surface area contributed by atoms with Crippen molar-refractivity contribution in [3.63, 3.8) is 0 Å². The molecule has 0 N–H and O–H groups in total. The van der Waals surface area contributed by atoms with Crippen LogP contribution in [0.3, 0.4) is 0 Å². The standard InChI is InChI=1S/C7H7Cl2NO2S/c1-3(2)12-6(11)4-5(8)13-7(9)10-4/h3H,1-2H3. The highest BCUT2D eigenvalue weighted by atomic mass is 35.5. The minimum atomic E-state index is -0.539. The van der Waals surface area contributed by atoms with Gasteiger partial charge in [0.1, 0.15) is 4.34 Å². The number of ether oxygens (including phenoxy) is 1. The molecule has 13 heavy (non-hydrogen) atoms. The Labute approximate surface area is 89.6 Å². The number of esters is 1. The fraction of sp³-hybridized carbons (Fsp3) is 0.429. The molecule has 1 aromatic rings. The second-order valence-corrected chi connectivity index (χ2v) is 4.73. The van der Waals surface area contributed by atoms with E-state index in [9.17, 15) is 4.79 Å². The van der Waals surface area contributed by atoms with Crippen molar-refractivity contribution in [1.29, 1.82) is 0 Å². The van der Waals surface area contributed by atoms with E-state index < -0.39 is 5.97 Å². The zero-order valence-corrected chi connectivity index (χ0v) is 9.33. The third-order valence-electron chi connectivity index (χ3n) is 1.10. The third kappa shape index (κ3) is 2.83. The largest absolute Gasteiger partial charge is 0.458 e. The van der Waals surface area contributed by atoms with Gasteiger partial charge in [-0.2, -0.15) is 0 Å². The Bertz CT molecular complexity index is 324. The van der Waals surface area contributed by atoms with Crippen LogP contribution in [0.25, 0.3) is 0 Å². The van der Waals surface area contributed by atoms with Gasteiger partial charge in [-0.3, -0.25) is 0 Å². The van der Waals surface area contributed by atoms with Gasteiger partial charge in [0.05, 0.1) is 6.10 Å². The molecule has 0 aliphatic heterocycles. The van der Waals surface area contributed by atoms with Crippen molar-refractivity contribution >= 4 is 40.5 Å². The second-order valence-electron chi connectivity index (χ2n) is 2.54. The first-order valence-corrected chi connectivity index (χ1v) is 5.10. The summed E-state index contributed by atoms with van der Waals surface area (Å²) < 4.78 is 5.39. The SMILES string of the molecule is CC(C)OC(=O)c1nc(Cl)sc1Cl. The molecule has 0 aromatic carbocycles. The van der Waals surface area contributed by atoms with Crippen LogP contribution in [0, 0.1) is 0 Å². The van der Waals surface area contributed by atoms with Crippen LogP contribution in [0.1, 0.15) is 24.3 Å². The molecule has 72 valence electrons. The number of thiazole rings is 1. The number of rotatable bonds is 2. The number of hydrogen-bond acceptors (Lipinski definition) is 4. The quantitative estimate of drug-likeness (QED) is 0.746. The molecule has 0 amide bonds. The lowest BCUT2D eigenvalue weighted by Gasteiger charge is -2.05. The van der Waals surface area contributed by atoms with E-state index in [1.807, 2.05) is 0 Å². The predicted molar refractivity (Wildman–Crippen MR) is 52.7 cm³/mol. The number of aromatic nitrogens is 1. The van der Waals surface area contributed by atoms with E-state index in [0.717, 1.165) is 11.3 Å². The maximum absolute atomic E-state index is 11.3. The lowest BCUT2D eigenvalue weighted by Crippen LogP contribution is -2.12. The molecule has 0 aliphatic carbocycles. The van der Waals surface area contributed by atoms with Crippen LogP contribution in [0.2, 0.25) is 8.80 Å². The van der Waals surface area contributed by atoms with Crippen LogP contribution in [-0.4, -0.2) is 17.1 Å². The lowest BCUT2D eigenvalue weighted by atomic mass is 10.4. The van der Waals surface area contributed by atoms with Crippen LogP contribution < -0.4 is 0 Å². The van der Waals surface area contributed by atoms with E-state index >= 15 is 0 Å². The summed E-state index contributed by atoms with van der Waals surface area (Å²) in [6.07, 6.45) is -0.191. The summed E-state index contributed by atoms with van der Waals surface area (Å²) in [5.41, 5.74) is 0.0883. The van der Waals surface area contributed by atoms with Gasteiger partial charge in [-0.05, 0) is 13.8 Å². The average Bonchev–Trinajstić information content (AvgIpc) is 2.28. The molecule has 0 spiro atoms. The minimum Gasteiger partial charge on any atom is -0.458 e. The number of carbonyl (C=O) groups is 1. The molecule has 0 bridgehead atoms. The van der Waals surface area contributed by atoms with Crippen LogP contribution >= 0.6 is 34.5 Å². The van der Waals surface area contributed by atoms with E-state index in [2.05, 4.69) is 4.98 Å². The Morgan fingerprint density at radius 1 is 1.54 bits per heavy atom. The molecule has 1 aromatic heterocycles. The summed E-state index contributed by atoms with van der Waals surface area (Å²) in [6.45, 7) is 3.50. The Balaban J connectivity index is 2.82. The predicted octanol–water partition coefficient (Wildman–Crippen LogP) is 3.02. The molecule has 6 heteroatoms. The van der Waals surface area contributed by atoms with E-state index in [4.69, 9.17) is 27.9 Å². The highest BCUT2D eigenvalue weighted by Crippen LogP contribution is 2.28. The van der Waals surface area contributed by atoms with Gasteiger partial charge in [0, 0.05) is 0 Å². The van der Waals surface area contributed by atoms with E-state index in [0.29, 0.717) is 0 Å². The Morgan fingerprint density at radius 3 is 2.54 bits per heavy atom. The smallest absolute Gasteiger partial charge is 0.359 e. The molecule has 0 fully saturated rings. The van der Waals surface area contributed by atoms with Crippen LogP contribution in [0.4, 0.5) is 0 Å². The third-order valence-corrected chi connectivity index (χ3v) is 2.45. The van der Waals surface area contributed by atoms with E-state index in [-0.39, 0.29) is 20.6 Å². The van der Waals surface area contributed by atoms with Crippen molar-refractivity contribution in [1.82, 2.24) is 4.98 Å². The van der Waals surface area contributed by atoms with Gasteiger partial charge in [0.2, 0.25) is 0 Å². The van der Waals surface area contributed by atoms with Crippen molar-refractivity contribution in [2.75, 3.05) is 0 Å². The summed E-state index contributed by atoms with van der Waals surface area (Å²) in [5, 5.41) is 0. The monoisotopic (exact) mass is 239 g/mol. The van der Waals surface area contributed by atoms with Gasteiger partial charge in [-0.15, -0.1) is 0 Å². The van der Waals surface area contributed by atoms with Crippen molar-refractivity contribution in [2.45, 2.75) is 20.0 Å². The molecule has 0 saturated heterocycles. The summed E-state index contributed by atoms with van der Waals surface area (Å²) in [7, 11) is 0. The first kappa shape index (κ1) is 10.8. The Kier molecular flexibility index (Phi) is 3.53. The van der Waals surface area contributed by atoms with Crippen molar-refractivity contribution in [3.05, 3.63) is 14.5 Å². The zero-order valence-electron chi connectivity index (χ0n) is 7.01. The van der Waals surface area contributed by atoms with Crippen LogP contribution in [0.5, 0.6) is 0 Å². The Morgan fingerprint density at radius 2 is 2.15 bits per heavy atom. The first-order chi connectivity index (χ1) is 6.00.